The largest absolute Gasteiger partial charge is 0.300 e. The van der Waals surface area contributed by atoms with Gasteiger partial charge in [0.2, 0.25) is 0 Å². The molecule has 0 aliphatic heterocycles. The molecule has 9 heteroatoms. The lowest BCUT2D eigenvalue weighted by atomic mass is 10.2. The summed E-state index contributed by atoms with van der Waals surface area (Å²) in [6.45, 7) is 0. The topological polar surface area (TPSA) is 90.9 Å². The number of nitrogens with two attached hydrogens (primary N) is 1. The van der Waals surface area contributed by atoms with E-state index in [0.29, 0.717) is 5.56 Å². The first-order chi connectivity index (χ1) is 8.32. The molecule has 0 atom stereocenters. The van der Waals surface area contributed by atoms with E-state index in [2.05, 4.69) is 26.1 Å². The van der Waals surface area contributed by atoms with Gasteiger partial charge < -0.3 is 0 Å². The van der Waals surface area contributed by atoms with Crippen molar-refractivity contribution < 1.29 is 12.8 Å². The molecular formula is C9H8BrFN4O2S. The smallest absolute Gasteiger partial charge is 0.273 e. The molecule has 6 nitrogen and oxygen atoms in total. The first kappa shape index (κ1) is 13.1. The Labute approximate surface area is 111 Å². The lowest BCUT2D eigenvalue weighted by molar-refractivity contribution is 0.580. The number of sulfonamides is 1. The Kier molecular flexibility index (Phi) is 3.21. The van der Waals surface area contributed by atoms with E-state index in [0.717, 1.165) is 0 Å². The lowest BCUT2D eigenvalue weighted by Gasteiger charge is -2.05. The average Bonchev–Trinajstić information content (AvgIpc) is 2.64. The van der Waals surface area contributed by atoms with Crippen molar-refractivity contribution in [1.29, 1.82) is 0 Å². The summed E-state index contributed by atoms with van der Waals surface area (Å²) >= 11 is 3.07. The van der Waals surface area contributed by atoms with Gasteiger partial charge in [-0.2, -0.15) is 0 Å². The van der Waals surface area contributed by atoms with Crippen LogP contribution in [-0.4, -0.2) is 23.2 Å². The van der Waals surface area contributed by atoms with Gasteiger partial charge in [-0.1, -0.05) is 6.07 Å². The molecule has 18 heavy (non-hydrogen) atoms. The molecule has 0 fully saturated rings. The Morgan fingerprint density at radius 1 is 1.39 bits per heavy atom. The van der Waals surface area contributed by atoms with Crippen molar-refractivity contribution in [2.75, 3.05) is 0 Å². The second-order valence-corrected chi connectivity index (χ2v) is 5.76. The number of benzene rings is 1. The van der Waals surface area contributed by atoms with Gasteiger partial charge in [-0.25, -0.2) is 17.9 Å². The van der Waals surface area contributed by atoms with E-state index in [4.69, 9.17) is 5.14 Å². The molecule has 96 valence electrons. The Bertz CT molecular complexity index is 713. The highest BCUT2D eigenvalue weighted by Gasteiger charge is 2.21. The maximum absolute atomic E-state index is 13.4. The third-order valence-corrected chi connectivity index (χ3v) is 3.95. The molecule has 2 N–H and O–H groups in total. The van der Waals surface area contributed by atoms with Crippen molar-refractivity contribution in [3.63, 3.8) is 0 Å². The molecule has 2 rings (SSSR count). The van der Waals surface area contributed by atoms with Gasteiger partial charge in [0.25, 0.3) is 15.2 Å². The van der Waals surface area contributed by atoms with Crippen LogP contribution >= 0.6 is 15.9 Å². The fourth-order valence-electron chi connectivity index (χ4n) is 1.47. The zero-order valence-electron chi connectivity index (χ0n) is 9.13. The fraction of sp³-hybridized carbons (Fsp3) is 0.111. The van der Waals surface area contributed by atoms with Crippen LogP contribution in [0.3, 0.4) is 0 Å². The molecule has 1 aromatic carbocycles. The normalized spacial score (nSPS) is 11.8. The summed E-state index contributed by atoms with van der Waals surface area (Å²) in [5, 5.41) is 11.8. The predicted octanol–water partition coefficient (Wildman–Crippen LogP) is 1.03. The maximum atomic E-state index is 13.4. The average molecular weight is 335 g/mol. The summed E-state index contributed by atoms with van der Waals surface area (Å²) in [6.07, 6.45) is 0. The molecule has 1 aromatic heterocycles. The summed E-state index contributed by atoms with van der Waals surface area (Å²) in [5.41, 5.74) is 0.389. The lowest BCUT2D eigenvalue weighted by Crippen LogP contribution is -2.17. The van der Waals surface area contributed by atoms with Crippen molar-refractivity contribution in [1.82, 2.24) is 14.8 Å². The molecule has 0 amide bonds. The number of nitrogens with zero attached hydrogens (tertiary/aromatic N) is 3. The number of aromatic nitrogens is 3. The molecule has 1 heterocycles. The number of rotatable bonds is 2. The second-order valence-electron chi connectivity index (χ2n) is 3.51. The van der Waals surface area contributed by atoms with Crippen molar-refractivity contribution in [3.05, 3.63) is 28.5 Å². The minimum absolute atomic E-state index is 0.182. The third-order valence-electron chi connectivity index (χ3n) is 2.28. The van der Waals surface area contributed by atoms with Crippen LogP contribution in [0.15, 0.2) is 27.8 Å². The van der Waals surface area contributed by atoms with Gasteiger partial charge in [0, 0.05) is 12.6 Å². The van der Waals surface area contributed by atoms with Gasteiger partial charge in [0.1, 0.15) is 5.82 Å². The molecule has 0 aliphatic carbocycles. The first-order valence-corrected chi connectivity index (χ1v) is 7.03. The molecule has 0 spiro atoms. The van der Waals surface area contributed by atoms with Crippen molar-refractivity contribution in [2.45, 2.75) is 5.16 Å². The van der Waals surface area contributed by atoms with Crippen LogP contribution in [0.5, 0.6) is 0 Å². The Hall–Kier alpha value is -1.32. The number of halogens is 2. The van der Waals surface area contributed by atoms with Gasteiger partial charge in [-0.05, 0) is 28.1 Å². The van der Waals surface area contributed by atoms with Crippen molar-refractivity contribution >= 4 is 26.0 Å². The second kappa shape index (κ2) is 4.41. The Morgan fingerprint density at radius 2 is 2.06 bits per heavy atom. The van der Waals surface area contributed by atoms with Gasteiger partial charge >= 0.3 is 0 Å². The first-order valence-electron chi connectivity index (χ1n) is 4.69. The quantitative estimate of drug-likeness (QED) is 0.887. The van der Waals surface area contributed by atoms with Gasteiger partial charge in [-0.15, -0.1) is 10.2 Å². The molecule has 0 saturated carbocycles. The zero-order chi connectivity index (χ0) is 13.5. The van der Waals surface area contributed by atoms with Crippen LogP contribution in [0.1, 0.15) is 0 Å². The maximum Gasteiger partial charge on any atom is 0.273 e. The minimum atomic E-state index is -3.96. The number of primary sulfonamides is 1. The third kappa shape index (κ3) is 2.16. The highest BCUT2D eigenvalue weighted by Crippen LogP contribution is 2.29. The summed E-state index contributed by atoms with van der Waals surface area (Å²) in [4.78, 5) is 0. The summed E-state index contributed by atoms with van der Waals surface area (Å²) in [7, 11) is -2.53. The standard InChI is InChI=1S/C9H8BrFN4O2S/c1-15-8(13-14-9(15)18(12,16)17)5-3-2-4-6(11)7(5)10/h2-4H,1H3,(H2,12,16,17). The molecule has 0 radical (unpaired) electrons. The van der Waals surface area contributed by atoms with Crippen molar-refractivity contribution in [2.24, 2.45) is 12.2 Å². The molecule has 0 saturated heterocycles. The monoisotopic (exact) mass is 334 g/mol. The van der Waals surface area contributed by atoms with Gasteiger partial charge in [-0.3, -0.25) is 4.57 Å². The summed E-state index contributed by atoms with van der Waals surface area (Å²) in [5.74, 6) is -0.280. The highest BCUT2D eigenvalue weighted by atomic mass is 79.9. The fourth-order valence-corrected chi connectivity index (χ4v) is 2.54. The highest BCUT2D eigenvalue weighted by molar-refractivity contribution is 9.10. The van der Waals surface area contributed by atoms with Crippen LogP contribution in [0.2, 0.25) is 0 Å². The van der Waals surface area contributed by atoms with E-state index in [9.17, 15) is 12.8 Å². The molecule has 0 bridgehead atoms. The van der Waals surface area contributed by atoms with Crippen molar-refractivity contribution in [3.8, 4) is 11.4 Å². The Morgan fingerprint density at radius 3 is 2.61 bits per heavy atom. The van der Waals surface area contributed by atoms with Crippen LogP contribution in [0.4, 0.5) is 4.39 Å². The summed E-state index contributed by atoms with van der Waals surface area (Å²) in [6, 6.07) is 4.34. The van der Waals surface area contributed by atoms with E-state index in [1.165, 1.54) is 23.7 Å². The predicted molar refractivity (Wildman–Crippen MR) is 65.5 cm³/mol. The molecule has 0 unspecified atom stereocenters. The van der Waals surface area contributed by atoms with Gasteiger partial charge in [0.05, 0.1) is 4.47 Å². The van der Waals surface area contributed by atoms with E-state index < -0.39 is 15.8 Å². The van der Waals surface area contributed by atoms with Crippen LogP contribution in [0.25, 0.3) is 11.4 Å². The SMILES string of the molecule is Cn1c(-c2cccc(F)c2Br)nnc1S(N)(=O)=O. The van der Waals surface area contributed by atoms with E-state index in [1.54, 1.807) is 6.07 Å². The molecular weight excluding hydrogens is 327 g/mol. The minimum Gasteiger partial charge on any atom is -0.300 e. The number of hydrogen-bond acceptors (Lipinski definition) is 4. The van der Waals surface area contributed by atoms with Crippen LogP contribution in [-0.2, 0) is 17.1 Å². The van der Waals surface area contributed by atoms with E-state index in [-0.39, 0.29) is 15.5 Å². The molecule has 0 aliphatic rings. The Balaban J connectivity index is 2.67. The van der Waals surface area contributed by atoms with E-state index in [1.807, 2.05) is 0 Å². The van der Waals surface area contributed by atoms with Crippen LogP contribution in [0, 0.1) is 5.82 Å². The summed E-state index contributed by atoms with van der Waals surface area (Å²) < 4.78 is 37.2. The zero-order valence-corrected chi connectivity index (χ0v) is 11.5. The van der Waals surface area contributed by atoms with Gasteiger partial charge in [0.15, 0.2) is 5.82 Å². The van der Waals surface area contributed by atoms with Crippen LogP contribution < -0.4 is 5.14 Å². The molecule has 2 aromatic rings. The van der Waals surface area contributed by atoms with E-state index >= 15 is 0 Å². The number of hydrogen-bond donors (Lipinski definition) is 1.